The lowest BCUT2D eigenvalue weighted by Crippen LogP contribution is -1.88. The van der Waals surface area contributed by atoms with Gasteiger partial charge < -0.3 is 25.5 Å². The van der Waals surface area contributed by atoms with Gasteiger partial charge in [-0.3, -0.25) is 0 Å². The van der Waals surface area contributed by atoms with Crippen LogP contribution in [0, 0.1) is 20.8 Å². The first-order chi connectivity index (χ1) is 17.7. The van der Waals surface area contributed by atoms with Gasteiger partial charge in [0.05, 0.1) is 0 Å². The Hall–Kier alpha value is -4.42. The van der Waals surface area contributed by atoms with Crippen LogP contribution in [0.15, 0.2) is 72.8 Å². The fourth-order valence-corrected chi connectivity index (χ4v) is 5.80. The Morgan fingerprint density at radius 2 is 1.14 bits per heavy atom. The summed E-state index contributed by atoms with van der Waals surface area (Å²) in [6, 6.07) is 26.7. The standard InChI is InChI=1S/C24H18S.C7H8O5/c1-15-7-3-4-8-18(15)20-14-21-17(13-16(20)2)11-12-23-24(21)19-9-5-6-10-22(19)25-23;1-2-3(8)5(10)7(12)6(11)4(2)9/h3-14H,1-2H3;8-12H,1H3. The monoisotopic (exact) mass is 510 g/mol. The number of phenolic OH excluding ortho intramolecular Hbond substituents is 5. The zero-order valence-corrected chi connectivity index (χ0v) is 21.4. The maximum atomic E-state index is 9.01. The van der Waals surface area contributed by atoms with Crippen LogP contribution < -0.4 is 0 Å². The predicted molar refractivity (Wildman–Crippen MR) is 151 cm³/mol. The molecule has 6 aromatic rings. The van der Waals surface area contributed by atoms with Crippen LogP contribution in [0.2, 0.25) is 0 Å². The highest BCUT2D eigenvalue weighted by Crippen LogP contribution is 2.50. The topological polar surface area (TPSA) is 101 Å². The van der Waals surface area contributed by atoms with Gasteiger partial charge in [-0.1, -0.05) is 54.6 Å². The highest BCUT2D eigenvalue weighted by Gasteiger charge is 2.19. The Morgan fingerprint density at radius 3 is 1.84 bits per heavy atom. The molecule has 0 radical (unpaired) electrons. The summed E-state index contributed by atoms with van der Waals surface area (Å²) in [4.78, 5) is 0. The summed E-state index contributed by atoms with van der Waals surface area (Å²) in [5.41, 5.74) is 5.24. The van der Waals surface area contributed by atoms with Gasteiger partial charge in [-0.25, -0.2) is 0 Å². The van der Waals surface area contributed by atoms with E-state index < -0.39 is 28.7 Å². The van der Waals surface area contributed by atoms with E-state index >= 15 is 0 Å². The molecular weight excluding hydrogens is 484 g/mol. The average Bonchev–Trinajstić information content (AvgIpc) is 3.29. The highest BCUT2D eigenvalue weighted by atomic mass is 32.1. The predicted octanol–water partition coefficient (Wildman–Crippen LogP) is 8.01. The first-order valence-electron chi connectivity index (χ1n) is 11.7. The molecule has 186 valence electrons. The van der Waals surface area contributed by atoms with Crippen molar-refractivity contribution < 1.29 is 25.5 Å². The summed E-state index contributed by atoms with van der Waals surface area (Å²) in [5.74, 6) is -3.92. The van der Waals surface area contributed by atoms with Crippen LogP contribution in [0.1, 0.15) is 16.7 Å². The lowest BCUT2D eigenvalue weighted by atomic mass is 9.92. The van der Waals surface area contributed by atoms with Crippen LogP contribution >= 0.6 is 11.3 Å². The fraction of sp³-hybridized carbons (Fsp3) is 0.0968. The Kier molecular flexibility index (Phi) is 6.05. The Labute approximate surface area is 217 Å². The number of fused-ring (bicyclic) bond motifs is 5. The van der Waals surface area contributed by atoms with Crippen LogP contribution in [0.4, 0.5) is 0 Å². The Balaban J connectivity index is 0.000000198. The number of aromatic hydroxyl groups is 5. The maximum Gasteiger partial charge on any atom is 0.208 e. The summed E-state index contributed by atoms with van der Waals surface area (Å²) in [6.07, 6.45) is 0. The molecule has 6 heteroatoms. The van der Waals surface area contributed by atoms with Crippen molar-refractivity contribution in [2.24, 2.45) is 0 Å². The first kappa shape index (κ1) is 24.3. The van der Waals surface area contributed by atoms with Gasteiger partial charge in [-0.15, -0.1) is 11.3 Å². The SMILES string of the molecule is Cc1c(O)c(O)c(O)c(O)c1O.Cc1ccccc1-c1cc2c(ccc3sc4ccccc4c32)cc1C. The molecule has 0 bridgehead atoms. The summed E-state index contributed by atoms with van der Waals surface area (Å²) in [5, 5.41) is 50.2. The van der Waals surface area contributed by atoms with E-state index in [0.717, 1.165) is 0 Å². The van der Waals surface area contributed by atoms with Crippen molar-refractivity contribution in [1.82, 2.24) is 0 Å². The quantitative estimate of drug-likeness (QED) is 0.114. The van der Waals surface area contributed by atoms with Crippen LogP contribution in [0.3, 0.4) is 0 Å². The second-order valence-electron chi connectivity index (χ2n) is 9.11. The molecule has 37 heavy (non-hydrogen) atoms. The molecule has 1 aromatic heterocycles. The summed E-state index contributed by atoms with van der Waals surface area (Å²) in [6.45, 7) is 5.69. The third-order valence-electron chi connectivity index (χ3n) is 6.75. The lowest BCUT2D eigenvalue weighted by Gasteiger charge is -2.12. The summed E-state index contributed by atoms with van der Waals surface area (Å²) >= 11 is 1.89. The molecule has 0 fully saturated rings. The normalized spacial score (nSPS) is 11.1. The first-order valence-corrected chi connectivity index (χ1v) is 12.6. The molecular formula is C31H26O5S. The van der Waals surface area contributed by atoms with E-state index in [1.165, 1.54) is 60.1 Å². The molecule has 0 aliphatic carbocycles. The molecule has 5 N–H and O–H groups in total. The minimum Gasteiger partial charge on any atom is -0.504 e. The molecule has 5 nitrogen and oxygen atoms in total. The number of hydrogen-bond donors (Lipinski definition) is 5. The summed E-state index contributed by atoms with van der Waals surface area (Å²) in [7, 11) is 0. The molecule has 0 amide bonds. The third kappa shape index (κ3) is 4.05. The number of aryl methyl sites for hydroxylation is 2. The van der Waals surface area contributed by atoms with Crippen molar-refractivity contribution in [2.75, 3.05) is 0 Å². The van der Waals surface area contributed by atoms with Gasteiger partial charge in [-0.2, -0.15) is 0 Å². The number of hydrogen-bond acceptors (Lipinski definition) is 6. The van der Waals surface area contributed by atoms with Gasteiger partial charge in [0.1, 0.15) is 0 Å². The number of phenols is 5. The van der Waals surface area contributed by atoms with Gasteiger partial charge in [0.15, 0.2) is 11.5 Å². The molecule has 5 aromatic carbocycles. The van der Waals surface area contributed by atoms with Crippen LogP contribution in [-0.4, -0.2) is 25.5 Å². The minimum absolute atomic E-state index is 0.0946. The Bertz CT molecular complexity index is 1710. The van der Waals surface area contributed by atoms with E-state index in [-0.39, 0.29) is 5.56 Å². The molecule has 0 spiro atoms. The zero-order chi connectivity index (χ0) is 26.4. The molecule has 0 aliphatic heterocycles. The highest BCUT2D eigenvalue weighted by molar-refractivity contribution is 7.26. The minimum atomic E-state index is -0.935. The van der Waals surface area contributed by atoms with Crippen molar-refractivity contribution in [1.29, 1.82) is 0 Å². The van der Waals surface area contributed by atoms with Crippen molar-refractivity contribution in [3.05, 3.63) is 89.5 Å². The van der Waals surface area contributed by atoms with E-state index in [9.17, 15) is 0 Å². The zero-order valence-electron chi connectivity index (χ0n) is 20.6. The largest absolute Gasteiger partial charge is 0.504 e. The van der Waals surface area contributed by atoms with E-state index in [2.05, 4.69) is 86.6 Å². The van der Waals surface area contributed by atoms with Gasteiger partial charge >= 0.3 is 0 Å². The second-order valence-corrected chi connectivity index (χ2v) is 10.2. The van der Waals surface area contributed by atoms with Crippen molar-refractivity contribution in [2.45, 2.75) is 20.8 Å². The van der Waals surface area contributed by atoms with E-state index in [4.69, 9.17) is 25.5 Å². The fourth-order valence-electron chi connectivity index (χ4n) is 4.68. The number of thiophene rings is 1. The van der Waals surface area contributed by atoms with Gasteiger partial charge in [-0.05, 0) is 72.0 Å². The smallest absolute Gasteiger partial charge is 0.208 e. The molecule has 0 saturated heterocycles. The van der Waals surface area contributed by atoms with Crippen molar-refractivity contribution in [3.63, 3.8) is 0 Å². The van der Waals surface area contributed by atoms with Crippen LogP contribution in [0.25, 0.3) is 42.1 Å². The average molecular weight is 511 g/mol. The molecule has 0 saturated carbocycles. The van der Waals surface area contributed by atoms with E-state index in [0.29, 0.717) is 0 Å². The van der Waals surface area contributed by atoms with E-state index in [1.807, 2.05) is 11.3 Å². The molecule has 1 heterocycles. The third-order valence-corrected chi connectivity index (χ3v) is 7.88. The van der Waals surface area contributed by atoms with Gasteiger partial charge in [0.25, 0.3) is 0 Å². The van der Waals surface area contributed by atoms with Crippen molar-refractivity contribution >= 4 is 42.3 Å². The van der Waals surface area contributed by atoms with Crippen molar-refractivity contribution in [3.8, 4) is 39.9 Å². The lowest BCUT2D eigenvalue weighted by molar-refractivity contribution is 0.325. The van der Waals surface area contributed by atoms with Gasteiger partial charge in [0, 0.05) is 25.7 Å². The Morgan fingerprint density at radius 1 is 0.514 bits per heavy atom. The molecule has 0 unspecified atom stereocenters. The molecule has 0 aliphatic rings. The molecule has 6 rings (SSSR count). The second kappa shape index (κ2) is 9.22. The van der Waals surface area contributed by atoms with Gasteiger partial charge in [0.2, 0.25) is 17.2 Å². The summed E-state index contributed by atoms with van der Waals surface area (Å²) < 4.78 is 2.73. The van der Waals surface area contributed by atoms with E-state index in [1.54, 1.807) is 0 Å². The number of rotatable bonds is 1. The maximum absolute atomic E-state index is 9.01. The van der Waals surface area contributed by atoms with Crippen LogP contribution in [0.5, 0.6) is 28.7 Å². The molecule has 0 atom stereocenters. The number of benzene rings is 5. The van der Waals surface area contributed by atoms with Crippen LogP contribution in [-0.2, 0) is 0 Å².